The van der Waals surface area contributed by atoms with E-state index in [4.69, 9.17) is 26.1 Å². The number of hydrogen-bond donors (Lipinski definition) is 1. The van der Waals surface area contributed by atoms with E-state index in [1.54, 1.807) is 17.6 Å². The van der Waals surface area contributed by atoms with Gasteiger partial charge in [-0.25, -0.2) is 9.78 Å². The van der Waals surface area contributed by atoms with Crippen molar-refractivity contribution >= 4 is 34.2 Å². The van der Waals surface area contributed by atoms with E-state index in [1.807, 2.05) is 36.4 Å². The van der Waals surface area contributed by atoms with Crippen LogP contribution in [0, 0.1) is 0 Å². The number of benzene rings is 2. The fourth-order valence-electron chi connectivity index (χ4n) is 5.64. The van der Waals surface area contributed by atoms with Gasteiger partial charge in [0.1, 0.15) is 12.4 Å². The second-order valence-corrected chi connectivity index (χ2v) is 10.0. The van der Waals surface area contributed by atoms with Crippen LogP contribution in [-0.2, 0) is 34.8 Å². The highest BCUT2D eigenvalue weighted by atomic mass is 35.5. The molecule has 9 heteroatoms. The van der Waals surface area contributed by atoms with E-state index in [-0.39, 0.29) is 18.6 Å². The molecular formula is C28H22ClN3O5. The Morgan fingerprint density at radius 1 is 1.08 bits per heavy atom. The normalized spacial score (nSPS) is 19.5. The number of esters is 1. The van der Waals surface area contributed by atoms with Crippen molar-refractivity contribution in [1.82, 2.24) is 9.55 Å². The van der Waals surface area contributed by atoms with E-state index < -0.39 is 11.6 Å². The molecule has 0 saturated carbocycles. The maximum Gasteiger partial charge on any atom is 0.343 e. The fourth-order valence-corrected chi connectivity index (χ4v) is 5.89. The first kappa shape index (κ1) is 22.3. The average molecular weight is 516 g/mol. The number of nitrogens with zero attached hydrogens (tertiary/aromatic N) is 3. The fraction of sp³-hybridized carbons (Fsp3) is 0.250. The second-order valence-electron chi connectivity index (χ2n) is 9.63. The van der Waals surface area contributed by atoms with Crippen LogP contribution in [-0.4, -0.2) is 27.4 Å². The van der Waals surface area contributed by atoms with Gasteiger partial charge in [-0.3, -0.25) is 4.79 Å². The number of carbonyl (C=O) groups is 1. The van der Waals surface area contributed by atoms with Gasteiger partial charge < -0.3 is 24.0 Å². The molecule has 8 nitrogen and oxygen atoms in total. The molecule has 0 unspecified atom stereocenters. The van der Waals surface area contributed by atoms with Crippen LogP contribution in [0.1, 0.15) is 35.6 Å². The third-order valence-electron chi connectivity index (χ3n) is 7.68. The van der Waals surface area contributed by atoms with Crippen molar-refractivity contribution in [3.63, 3.8) is 0 Å². The Labute approximate surface area is 216 Å². The number of carbonyl (C=O) groups excluding carboxylic acids is 1. The van der Waals surface area contributed by atoms with Crippen molar-refractivity contribution in [2.24, 2.45) is 0 Å². The Bertz CT molecular complexity index is 1710. The Morgan fingerprint density at radius 2 is 1.92 bits per heavy atom. The van der Waals surface area contributed by atoms with E-state index in [0.29, 0.717) is 47.4 Å². The standard InChI is InChI=1S/C28H22ClN3O5/c1-2-28(35)19-10-23-25-15(11-32(23)26(33)18(19)13-36-27(28)34)9-16-17-12-31(22-6-4-3-5-20(22)29)14-37-24(17)8-7-21(16)30-25/h3-10,35H,2,11-14H2,1H3/t28-/m0/s1. The number of aromatic nitrogens is 2. The van der Waals surface area contributed by atoms with Gasteiger partial charge in [-0.05, 0) is 42.8 Å². The van der Waals surface area contributed by atoms with E-state index in [0.717, 1.165) is 33.5 Å². The zero-order valence-corrected chi connectivity index (χ0v) is 20.7. The first-order chi connectivity index (χ1) is 17.9. The van der Waals surface area contributed by atoms with Gasteiger partial charge in [0.05, 0.1) is 46.3 Å². The van der Waals surface area contributed by atoms with Gasteiger partial charge >= 0.3 is 5.97 Å². The molecule has 0 aliphatic carbocycles. The van der Waals surface area contributed by atoms with Crippen LogP contribution in [0.4, 0.5) is 5.69 Å². The molecule has 5 heterocycles. The number of para-hydroxylation sites is 1. The molecule has 1 N–H and O–H groups in total. The lowest BCUT2D eigenvalue weighted by atomic mass is 9.86. The zero-order chi connectivity index (χ0) is 25.5. The Balaban J connectivity index is 1.37. The van der Waals surface area contributed by atoms with Crippen molar-refractivity contribution < 1.29 is 19.4 Å². The molecule has 186 valence electrons. The van der Waals surface area contributed by atoms with Gasteiger partial charge in [0.25, 0.3) is 5.56 Å². The summed E-state index contributed by atoms with van der Waals surface area (Å²) in [6, 6.07) is 15.3. The molecule has 0 fully saturated rings. The SMILES string of the molecule is CC[C@@]1(O)C(=O)OCc2c1cc1n(c2=O)Cc2cc3c4c(ccc3nc2-1)OCN(c1ccccc1Cl)C4. The molecular weight excluding hydrogens is 494 g/mol. The van der Waals surface area contributed by atoms with Crippen LogP contribution in [0.5, 0.6) is 5.75 Å². The molecule has 0 bridgehead atoms. The third-order valence-corrected chi connectivity index (χ3v) is 8.00. The number of aliphatic hydroxyl groups is 1. The molecule has 2 aromatic heterocycles. The van der Waals surface area contributed by atoms with Crippen LogP contribution in [0.3, 0.4) is 0 Å². The van der Waals surface area contributed by atoms with Gasteiger partial charge in [-0.2, -0.15) is 0 Å². The van der Waals surface area contributed by atoms with Gasteiger partial charge in [-0.15, -0.1) is 0 Å². The highest BCUT2D eigenvalue weighted by molar-refractivity contribution is 6.33. The monoisotopic (exact) mass is 515 g/mol. The highest BCUT2D eigenvalue weighted by Gasteiger charge is 2.45. The quantitative estimate of drug-likeness (QED) is 0.354. The number of halogens is 1. The van der Waals surface area contributed by atoms with Crippen molar-refractivity contribution in [1.29, 1.82) is 0 Å². The van der Waals surface area contributed by atoms with Gasteiger partial charge in [-0.1, -0.05) is 30.7 Å². The minimum absolute atomic E-state index is 0.105. The smallest absolute Gasteiger partial charge is 0.343 e. The van der Waals surface area contributed by atoms with Crippen LogP contribution in [0.2, 0.25) is 5.02 Å². The van der Waals surface area contributed by atoms with Gasteiger partial charge in [0.2, 0.25) is 0 Å². The summed E-state index contributed by atoms with van der Waals surface area (Å²) in [5.74, 6) is 0.0654. The van der Waals surface area contributed by atoms with E-state index >= 15 is 0 Å². The molecule has 37 heavy (non-hydrogen) atoms. The predicted octanol–water partition coefficient (Wildman–Crippen LogP) is 4.09. The molecule has 3 aliphatic heterocycles. The third kappa shape index (κ3) is 3.09. The summed E-state index contributed by atoms with van der Waals surface area (Å²) in [7, 11) is 0. The number of anilines is 1. The minimum atomic E-state index is -1.85. The molecule has 2 aromatic carbocycles. The Kier molecular flexibility index (Phi) is 4.71. The molecule has 0 amide bonds. The van der Waals surface area contributed by atoms with E-state index in [2.05, 4.69) is 11.0 Å². The number of fused-ring (bicyclic) bond motifs is 7. The largest absolute Gasteiger partial charge is 0.473 e. The van der Waals surface area contributed by atoms with Crippen molar-refractivity contribution in [2.75, 3.05) is 11.6 Å². The van der Waals surface area contributed by atoms with Gasteiger partial charge in [0, 0.05) is 22.1 Å². The molecule has 0 saturated heterocycles. The van der Waals surface area contributed by atoms with Crippen molar-refractivity contribution in [2.45, 2.75) is 38.6 Å². The molecule has 3 aliphatic rings. The highest BCUT2D eigenvalue weighted by Crippen LogP contribution is 2.41. The summed E-state index contributed by atoms with van der Waals surface area (Å²) in [5, 5.41) is 12.7. The first-order valence-corrected chi connectivity index (χ1v) is 12.5. The summed E-state index contributed by atoms with van der Waals surface area (Å²) in [4.78, 5) is 32.9. The van der Waals surface area contributed by atoms with Crippen molar-refractivity contribution in [3.8, 4) is 17.1 Å². The topological polar surface area (TPSA) is 93.9 Å². The maximum absolute atomic E-state index is 13.4. The van der Waals surface area contributed by atoms with Gasteiger partial charge in [0.15, 0.2) is 12.3 Å². The number of cyclic esters (lactones) is 1. The summed E-state index contributed by atoms with van der Waals surface area (Å²) in [6.07, 6.45) is 0.105. The summed E-state index contributed by atoms with van der Waals surface area (Å²) in [6.45, 7) is 2.87. The minimum Gasteiger partial charge on any atom is -0.473 e. The first-order valence-electron chi connectivity index (χ1n) is 12.1. The Morgan fingerprint density at radius 3 is 2.73 bits per heavy atom. The maximum atomic E-state index is 13.4. The summed E-state index contributed by atoms with van der Waals surface area (Å²) >= 11 is 6.45. The van der Waals surface area contributed by atoms with E-state index in [1.165, 1.54) is 0 Å². The van der Waals surface area contributed by atoms with E-state index in [9.17, 15) is 14.7 Å². The van der Waals surface area contributed by atoms with Crippen LogP contribution in [0.25, 0.3) is 22.3 Å². The van der Waals surface area contributed by atoms with Crippen LogP contribution in [0.15, 0.2) is 53.3 Å². The predicted molar refractivity (Wildman–Crippen MR) is 138 cm³/mol. The second kappa shape index (κ2) is 7.81. The van der Waals surface area contributed by atoms with Crippen LogP contribution < -0.4 is 15.2 Å². The van der Waals surface area contributed by atoms with Crippen LogP contribution >= 0.6 is 11.6 Å². The number of ether oxygens (including phenoxy) is 2. The summed E-state index contributed by atoms with van der Waals surface area (Å²) in [5.41, 5.74) is 3.32. The lowest BCUT2D eigenvalue weighted by Crippen LogP contribution is -2.44. The lowest BCUT2D eigenvalue weighted by molar-refractivity contribution is -0.172. The molecule has 4 aromatic rings. The Hall–Kier alpha value is -3.88. The summed E-state index contributed by atoms with van der Waals surface area (Å²) < 4.78 is 12.9. The molecule has 0 spiro atoms. The van der Waals surface area contributed by atoms with Crippen molar-refractivity contribution in [3.05, 3.63) is 86.2 Å². The number of hydrogen-bond acceptors (Lipinski definition) is 7. The molecule has 1 atom stereocenters. The molecule has 0 radical (unpaired) electrons. The number of rotatable bonds is 2. The zero-order valence-electron chi connectivity index (χ0n) is 20.0. The number of pyridine rings is 2. The average Bonchev–Trinajstić information content (AvgIpc) is 3.28. The molecule has 7 rings (SSSR count). The lowest BCUT2D eigenvalue weighted by Gasteiger charge is -2.32.